The lowest BCUT2D eigenvalue weighted by atomic mass is 10.1. The molecule has 0 unspecified atom stereocenters. The number of hydrogen-bond acceptors (Lipinski definition) is 6. The SMILES string of the molecule is CC(=O)Nc1ccc(C(=O)CN2CCN(Cc3ccc([N+](=O)[O-])cc3)CC2)cc1. The fourth-order valence-corrected chi connectivity index (χ4v) is 3.32. The summed E-state index contributed by atoms with van der Waals surface area (Å²) in [6.07, 6.45) is 0. The Morgan fingerprint density at radius 2 is 1.55 bits per heavy atom. The molecule has 0 spiro atoms. The Morgan fingerprint density at radius 1 is 0.966 bits per heavy atom. The number of nitrogens with one attached hydrogen (secondary N) is 1. The summed E-state index contributed by atoms with van der Waals surface area (Å²) in [5.41, 5.74) is 2.45. The summed E-state index contributed by atoms with van der Waals surface area (Å²) in [4.78, 5) is 38.3. The quantitative estimate of drug-likeness (QED) is 0.439. The number of nitro groups is 1. The number of anilines is 1. The van der Waals surface area contributed by atoms with E-state index in [-0.39, 0.29) is 17.4 Å². The molecular weight excluding hydrogens is 372 g/mol. The molecule has 1 aliphatic rings. The van der Waals surface area contributed by atoms with Crippen LogP contribution >= 0.6 is 0 Å². The summed E-state index contributed by atoms with van der Waals surface area (Å²) in [5, 5.41) is 13.4. The van der Waals surface area contributed by atoms with Gasteiger partial charge < -0.3 is 5.32 Å². The number of piperazine rings is 1. The zero-order chi connectivity index (χ0) is 20.8. The van der Waals surface area contributed by atoms with Crippen molar-refractivity contribution in [2.45, 2.75) is 13.5 Å². The van der Waals surface area contributed by atoms with E-state index in [1.54, 1.807) is 36.4 Å². The molecule has 2 aromatic carbocycles. The molecule has 8 nitrogen and oxygen atoms in total. The zero-order valence-electron chi connectivity index (χ0n) is 16.3. The Kier molecular flexibility index (Phi) is 6.69. The summed E-state index contributed by atoms with van der Waals surface area (Å²) in [6.45, 7) is 5.82. The van der Waals surface area contributed by atoms with E-state index < -0.39 is 4.92 Å². The number of nitro benzene ring substituents is 1. The molecule has 1 fully saturated rings. The number of Topliss-reactive ketones (excluding diaryl/α,β-unsaturated/α-hetero) is 1. The molecule has 152 valence electrons. The Balaban J connectivity index is 1.46. The average Bonchev–Trinajstić information content (AvgIpc) is 2.70. The lowest BCUT2D eigenvalue weighted by molar-refractivity contribution is -0.384. The minimum absolute atomic E-state index is 0.0585. The maximum Gasteiger partial charge on any atom is 0.269 e. The molecule has 0 radical (unpaired) electrons. The summed E-state index contributed by atoms with van der Waals surface area (Å²) in [5.74, 6) is -0.0844. The van der Waals surface area contributed by atoms with Crippen molar-refractivity contribution < 1.29 is 14.5 Å². The van der Waals surface area contributed by atoms with Crippen molar-refractivity contribution in [1.82, 2.24) is 9.80 Å². The van der Waals surface area contributed by atoms with Crippen LogP contribution in [0.2, 0.25) is 0 Å². The Morgan fingerprint density at radius 3 is 2.10 bits per heavy atom. The Bertz CT molecular complexity index is 873. The molecule has 1 amide bonds. The second kappa shape index (κ2) is 9.40. The van der Waals surface area contributed by atoms with Crippen molar-refractivity contribution in [3.8, 4) is 0 Å². The van der Waals surface area contributed by atoms with Crippen LogP contribution < -0.4 is 5.32 Å². The summed E-state index contributed by atoms with van der Waals surface area (Å²) in [7, 11) is 0. The van der Waals surface area contributed by atoms with Crippen molar-refractivity contribution in [2.24, 2.45) is 0 Å². The fourth-order valence-electron chi connectivity index (χ4n) is 3.32. The molecule has 0 atom stereocenters. The Hall–Kier alpha value is -3.10. The van der Waals surface area contributed by atoms with E-state index in [2.05, 4.69) is 15.1 Å². The van der Waals surface area contributed by atoms with E-state index in [4.69, 9.17) is 0 Å². The van der Waals surface area contributed by atoms with Gasteiger partial charge in [-0.05, 0) is 29.8 Å². The minimum Gasteiger partial charge on any atom is -0.326 e. The molecule has 1 heterocycles. The van der Waals surface area contributed by atoms with E-state index in [1.165, 1.54) is 19.1 Å². The minimum atomic E-state index is -0.396. The van der Waals surface area contributed by atoms with E-state index in [9.17, 15) is 19.7 Å². The number of amides is 1. The van der Waals surface area contributed by atoms with E-state index >= 15 is 0 Å². The molecular formula is C21H24N4O4. The van der Waals surface area contributed by atoms with Gasteiger partial charge in [0.1, 0.15) is 0 Å². The van der Waals surface area contributed by atoms with E-state index in [0.717, 1.165) is 38.3 Å². The summed E-state index contributed by atoms with van der Waals surface area (Å²) >= 11 is 0. The van der Waals surface area contributed by atoms with Crippen molar-refractivity contribution in [2.75, 3.05) is 38.0 Å². The third-order valence-corrected chi connectivity index (χ3v) is 4.91. The first kappa shape index (κ1) is 20.6. The van der Waals surface area contributed by atoms with Crippen LogP contribution in [-0.2, 0) is 11.3 Å². The van der Waals surface area contributed by atoms with Gasteiger partial charge in [0.15, 0.2) is 5.78 Å². The monoisotopic (exact) mass is 396 g/mol. The van der Waals surface area contributed by atoms with Crippen molar-refractivity contribution >= 4 is 23.1 Å². The number of ketones is 1. The van der Waals surface area contributed by atoms with Crippen LogP contribution in [0.15, 0.2) is 48.5 Å². The first-order valence-corrected chi connectivity index (χ1v) is 9.49. The normalized spacial score (nSPS) is 15.1. The first-order valence-electron chi connectivity index (χ1n) is 9.49. The second-order valence-corrected chi connectivity index (χ2v) is 7.16. The van der Waals surface area contributed by atoms with Crippen LogP contribution in [0, 0.1) is 10.1 Å². The topological polar surface area (TPSA) is 95.8 Å². The van der Waals surface area contributed by atoms with Crippen molar-refractivity contribution in [3.05, 3.63) is 69.8 Å². The molecule has 1 saturated heterocycles. The van der Waals surface area contributed by atoms with Gasteiger partial charge in [-0.15, -0.1) is 0 Å². The number of carbonyl (C=O) groups excluding carboxylic acids is 2. The van der Waals surface area contributed by atoms with Gasteiger partial charge in [-0.2, -0.15) is 0 Å². The highest BCUT2D eigenvalue weighted by Gasteiger charge is 2.20. The Labute approximate surface area is 169 Å². The number of hydrogen-bond donors (Lipinski definition) is 1. The largest absolute Gasteiger partial charge is 0.326 e. The predicted octanol–water partition coefficient (Wildman–Crippen LogP) is 2.55. The van der Waals surface area contributed by atoms with Crippen LogP contribution in [0.1, 0.15) is 22.8 Å². The molecule has 1 N–H and O–H groups in total. The van der Waals surface area contributed by atoms with Gasteiger partial charge in [0.25, 0.3) is 5.69 Å². The van der Waals surface area contributed by atoms with Crippen LogP contribution in [0.25, 0.3) is 0 Å². The van der Waals surface area contributed by atoms with Crippen LogP contribution in [0.4, 0.5) is 11.4 Å². The van der Waals surface area contributed by atoms with Gasteiger partial charge in [0.2, 0.25) is 5.91 Å². The lowest BCUT2D eigenvalue weighted by Crippen LogP contribution is -2.47. The van der Waals surface area contributed by atoms with Gasteiger partial charge in [0.05, 0.1) is 11.5 Å². The van der Waals surface area contributed by atoms with Crippen LogP contribution in [0.5, 0.6) is 0 Å². The van der Waals surface area contributed by atoms with Gasteiger partial charge >= 0.3 is 0 Å². The van der Waals surface area contributed by atoms with Crippen molar-refractivity contribution in [3.63, 3.8) is 0 Å². The first-order chi connectivity index (χ1) is 13.9. The summed E-state index contributed by atoms with van der Waals surface area (Å²) < 4.78 is 0. The van der Waals surface area contributed by atoms with Gasteiger partial charge in [-0.25, -0.2) is 0 Å². The highest BCUT2D eigenvalue weighted by atomic mass is 16.6. The number of rotatable bonds is 7. The number of non-ortho nitro benzene ring substituents is 1. The summed E-state index contributed by atoms with van der Waals surface area (Å²) in [6, 6.07) is 13.6. The zero-order valence-corrected chi connectivity index (χ0v) is 16.3. The van der Waals surface area contributed by atoms with Crippen molar-refractivity contribution in [1.29, 1.82) is 0 Å². The highest BCUT2D eigenvalue weighted by Crippen LogP contribution is 2.15. The number of carbonyl (C=O) groups is 2. The number of benzene rings is 2. The predicted molar refractivity (Wildman–Crippen MR) is 110 cm³/mol. The number of nitrogens with zero attached hydrogens (tertiary/aromatic N) is 3. The maximum absolute atomic E-state index is 12.5. The molecule has 0 saturated carbocycles. The molecule has 1 aliphatic heterocycles. The van der Waals surface area contributed by atoms with E-state index in [0.29, 0.717) is 17.8 Å². The molecule has 8 heteroatoms. The lowest BCUT2D eigenvalue weighted by Gasteiger charge is -2.34. The molecule has 3 rings (SSSR count). The third kappa shape index (κ3) is 5.94. The van der Waals surface area contributed by atoms with Gasteiger partial charge in [-0.1, -0.05) is 12.1 Å². The van der Waals surface area contributed by atoms with Crippen LogP contribution in [0.3, 0.4) is 0 Å². The van der Waals surface area contributed by atoms with Gasteiger partial charge in [-0.3, -0.25) is 29.5 Å². The maximum atomic E-state index is 12.5. The standard InChI is InChI=1S/C21H24N4O4/c1-16(26)22-19-6-4-18(5-7-19)21(27)15-24-12-10-23(11-13-24)14-17-2-8-20(9-3-17)25(28)29/h2-9H,10-15H2,1H3,(H,22,26). The van der Waals surface area contributed by atoms with E-state index in [1.807, 2.05) is 0 Å². The molecule has 0 aromatic heterocycles. The average molecular weight is 396 g/mol. The fraction of sp³-hybridized carbons (Fsp3) is 0.333. The third-order valence-electron chi connectivity index (χ3n) is 4.91. The smallest absolute Gasteiger partial charge is 0.269 e. The second-order valence-electron chi connectivity index (χ2n) is 7.16. The highest BCUT2D eigenvalue weighted by molar-refractivity contribution is 5.98. The molecule has 0 aliphatic carbocycles. The van der Waals surface area contributed by atoms with Crippen LogP contribution in [-0.4, -0.2) is 59.1 Å². The molecule has 29 heavy (non-hydrogen) atoms. The molecule has 0 bridgehead atoms. The molecule has 2 aromatic rings. The van der Waals surface area contributed by atoms with Gasteiger partial charge in [0, 0.05) is 63.0 Å².